The predicted molar refractivity (Wildman–Crippen MR) is 74.7 cm³/mol. The van der Waals surface area contributed by atoms with Crippen LogP contribution < -0.4 is 4.74 Å². The molecular weight excluding hydrogens is 315 g/mol. The minimum atomic E-state index is -4.88. The molecule has 124 valence electrons. The molecule has 23 heavy (non-hydrogen) atoms. The lowest BCUT2D eigenvalue weighted by Crippen LogP contribution is -2.55. The first-order valence-electron chi connectivity index (χ1n) is 6.68. The smallest absolute Gasteiger partial charge is 0.467 e. The summed E-state index contributed by atoms with van der Waals surface area (Å²) in [5, 5.41) is 0. The fourth-order valence-electron chi connectivity index (χ4n) is 2.23. The van der Waals surface area contributed by atoms with E-state index < -0.39 is 30.0 Å². The highest BCUT2D eigenvalue weighted by Crippen LogP contribution is 2.30. The van der Waals surface area contributed by atoms with E-state index in [1.165, 1.54) is 30.2 Å². The predicted octanol–water partition coefficient (Wildman–Crippen LogP) is 2.62. The zero-order valence-corrected chi connectivity index (χ0v) is 12.2. The number of methoxy groups -OCH3 is 1. The number of likely N-dealkylation sites (tertiary alicyclic amines) is 1. The van der Waals surface area contributed by atoms with Gasteiger partial charge in [0, 0.05) is 17.7 Å². The molecule has 1 aromatic carbocycles. The number of ether oxygens (including phenoxy) is 2. The van der Waals surface area contributed by atoms with E-state index in [9.17, 15) is 22.8 Å². The van der Waals surface area contributed by atoms with Gasteiger partial charge in [-0.2, -0.15) is 0 Å². The zero-order chi connectivity index (χ0) is 17.2. The number of benzene rings is 1. The van der Waals surface area contributed by atoms with Gasteiger partial charge >= 0.3 is 12.3 Å². The molecule has 0 radical (unpaired) electrons. The van der Waals surface area contributed by atoms with Crippen LogP contribution >= 0.6 is 0 Å². The van der Waals surface area contributed by atoms with Crippen LogP contribution in [-0.4, -0.2) is 42.8 Å². The number of hydrogen-bond acceptors (Lipinski definition) is 4. The molecule has 1 aromatic rings. The van der Waals surface area contributed by atoms with Gasteiger partial charge in [0.05, 0.1) is 7.11 Å². The number of amides is 1. The lowest BCUT2D eigenvalue weighted by molar-refractivity contribution is -0.274. The zero-order valence-electron chi connectivity index (χ0n) is 12.2. The molecule has 0 unspecified atom stereocenters. The molecule has 1 atom stereocenters. The maximum Gasteiger partial charge on any atom is 0.573 e. The van der Waals surface area contributed by atoms with E-state index >= 15 is 0 Å². The van der Waals surface area contributed by atoms with Crippen LogP contribution in [0.2, 0.25) is 0 Å². The van der Waals surface area contributed by atoms with Crippen molar-refractivity contribution in [3.63, 3.8) is 0 Å². The van der Waals surface area contributed by atoms with Crippen molar-refractivity contribution in [3.8, 4) is 5.75 Å². The molecule has 1 aliphatic heterocycles. The van der Waals surface area contributed by atoms with Crippen molar-refractivity contribution in [1.29, 1.82) is 0 Å². The first-order chi connectivity index (χ1) is 10.8. The van der Waals surface area contributed by atoms with Gasteiger partial charge in [0.1, 0.15) is 11.8 Å². The van der Waals surface area contributed by atoms with Gasteiger partial charge < -0.3 is 14.4 Å². The molecule has 1 heterocycles. The first kappa shape index (κ1) is 16.9. The SMILES string of the molecule is C=Cc1ccc(C(=O)N2CC[C@@H]2C(=O)OC)cc1OC(F)(F)F. The summed E-state index contributed by atoms with van der Waals surface area (Å²) < 4.78 is 45.8. The molecule has 0 saturated carbocycles. The van der Waals surface area contributed by atoms with Crippen molar-refractivity contribution in [2.24, 2.45) is 0 Å². The molecule has 5 nitrogen and oxygen atoms in total. The summed E-state index contributed by atoms with van der Waals surface area (Å²) in [6.45, 7) is 3.73. The standard InChI is InChI=1S/C15H14F3NO4/c1-3-9-4-5-10(8-12(9)23-15(16,17)18)13(20)19-7-6-11(19)14(21)22-2/h3-5,8,11H,1,6-7H2,2H3/t11-/m1/s1. The Hall–Kier alpha value is -2.51. The second kappa shape index (κ2) is 6.31. The van der Waals surface area contributed by atoms with Crippen LogP contribution in [0.15, 0.2) is 24.8 Å². The largest absolute Gasteiger partial charge is 0.573 e. The van der Waals surface area contributed by atoms with Crippen molar-refractivity contribution in [2.75, 3.05) is 13.7 Å². The molecule has 0 aliphatic carbocycles. The Bertz CT molecular complexity index is 642. The second-order valence-corrected chi connectivity index (χ2v) is 4.83. The van der Waals surface area contributed by atoms with Gasteiger partial charge in [-0.05, 0) is 18.6 Å². The Morgan fingerprint density at radius 2 is 2.09 bits per heavy atom. The van der Waals surface area contributed by atoms with Gasteiger partial charge in [0.2, 0.25) is 0 Å². The van der Waals surface area contributed by atoms with Gasteiger partial charge in [-0.1, -0.05) is 18.7 Å². The quantitative estimate of drug-likeness (QED) is 0.797. The monoisotopic (exact) mass is 329 g/mol. The van der Waals surface area contributed by atoms with Crippen LogP contribution in [0.25, 0.3) is 6.08 Å². The second-order valence-electron chi connectivity index (χ2n) is 4.83. The van der Waals surface area contributed by atoms with Crippen LogP contribution in [0.3, 0.4) is 0 Å². The summed E-state index contributed by atoms with van der Waals surface area (Å²) in [6, 6.07) is 2.93. The molecule has 2 rings (SSSR count). The Morgan fingerprint density at radius 3 is 2.57 bits per heavy atom. The van der Waals surface area contributed by atoms with E-state index in [1.54, 1.807) is 0 Å². The molecule has 0 aromatic heterocycles. The van der Waals surface area contributed by atoms with E-state index in [0.29, 0.717) is 13.0 Å². The van der Waals surface area contributed by atoms with Crippen LogP contribution in [0.4, 0.5) is 13.2 Å². The number of hydrogen-bond donors (Lipinski definition) is 0. The Balaban J connectivity index is 2.26. The van der Waals surface area contributed by atoms with E-state index in [-0.39, 0.29) is 11.1 Å². The normalized spacial score (nSPS) is 17.2. The van der Waals surface area contributed by atoms with Crippen LogP contribution in [-0.2, 0) is 9.53 Å². The molecule has 8 heteroatoms. The number of halogens is 3. The molecule has 1 saturated heterocycles. The lowest BCUT2D eigenvalue weighted by Gasteiger charge is -2.38. The Kier molecular flexibility index (Phi) is 4.63. The minimum absolute atomic E-state index is 0.0107. The summed E-state index contributed by atoms with van der Waals surface area (Å²) in [4.78, 5) is 25.1. The number of carbonyl (C=O) groups is 2. The lowest BCUT2D eigenvalue weighted by atomic mass is 10.0. The van der Waals surface area contributed by atoms with E-state index in [0.717, 1.165) is 6.07 Å². The van der Waals surface area contributed by atoms with Crippen LogP contribution in [0.1, 0.15) is 22.3 Å². The number of carbonyl (C=O) groups excluding carboxylic acids is 2. The fraction of sp³-hybridized carbons (Fsp3) is 0.333. The number of nitrogens with zero attached hydrogens (tertiary/aromatic N) is 1. The summed E-state index contributed by atoms with van der Waals surface area (Å²) in [7, 11) is 1.21. The molecular formula is C15H14F3NO4. The van der Waals surface area contributed by atoms with Gasteiger partial charge in [-0.3, -0.25) is 4.79 Å². The summed E-state index contributed by atoms with van der Waals surface area (Å²) in [5.41, 5.74) is 0.0930. The van der Waals surface area contributed by atoms with Crippen LogP contribution in [0, 0.1) is 0 Å². The molecule has 0 N–H and O–H groups in total. The van der Waals surface area contributed by atoms with E-state index in [1.807, 2.05) is 0 Å². The molecule has 0 spiro atoms. The number of alkyl halides is 3. The Labute approximate surface area is 130 Å². The van der Waals surface area contributed by atoms with E-state index in [2.05, 4.69) is 16.1 Å². The fourth-order valence-corrected chi connectivity index (χ4v) is 2.23. The van der Waals surface area contributed by atoms with Crippen molar-refractivity contribution in [2.45, 2.75) is 18.8 Å². The minimum Gasteiger partial charge on any atom is -0.467 e. The maximum absolute atomic E-state index is 12.4. The first-order valence-corrected chi connectivity index (χ1v) is 6.68. The summed E-state index contributed by atoms with van der Waals surface area (Å²) >= 11 is 0. The summed E-state index contributed by atoms with van der Waals surface area (Å²) in [6.07, 6.45) is -3.24. The average molecular weight is 329 g/mol. The van der Waals surface area contributed by atoms with Gasteiger partial charge in [0.25, 0.3) is 5.91 Å². The van der Waals surface area contributed by atoms with Gasteiger partial charge in [0.15, 0.2) is 0 Å². The highest BCUT2D eigenvalue weighted by molar-refractivity contribution is 5.98. The number of esters is 1. The van der Waals surface area contributed by atoms with Crippen molar-refractivity contribution >= 4 is 18.0 Å². The highest BCUT2D eigenvalue weighted by atomic mass is 19.4. The van der Waals surface area contributed by atoms with Gasteiger partial charge in [-0.25, -0.2) is 4.79 Å². The molecule has 0 bridgehead atoms. The third kappa shape index (κ3) is 3.64. The molecule has 1 fully saturated rings. The van der Waals surface area contributed by atoms with Crippen molar-refractivity contribution in [1.82, 2.24) is 4.90 Å². The third-order valence-corrected chi connectivity index (χ3v) is 3.46. The molecule has 1 amide bonds. The van der Waals surface area contributed by atoms with E-state index in [4.69, 9.17) is 0 Å². The van der Waals surface area contributed by atoms with Crippen molar-refractivity contribution in [3.05, 3.63) is 35.9 Å². The topological polar surface area (TPSA) is 55.8 Å². The maximum atomic E-state index is 12.4. The molecule has 1 aliphatic rings. The van der Waals surface area contributed by atoms with Gasteiger partial charge in [-0.15, -0.1) is 13.2 Å². The van der Waals surface area contributed by atoms with Crippen LogP contribution in [0.5, 0.6) is 5.75 Å². The average Bonchev–Trinajstić information content (AvgIpc) is 2.44. The third-order valence-electron chi connectivity index (χ3n) is 3.46. The number of rotatable bonds is 4. The highest BCUT2D eigenvalue weighted by Gasteiger charge is 2.39. The Morgan fingerprint density at radius 1 is 1.39 bits per heavy atom. The summed E-state index contributed by atoms with van der Waals surface area (Å²) in [5.74, 6) is -1.64. The van der Waals surface area contributed by atoms with Crippen molar-refractivity contribution < 1.29 is 32.2 Å².